The summed E-state index contributed by atoms with van der Waals surface area (Å²) in [4.78, 5) is 10.6. The first-order chi connectivity index (χ1) is 7.40. The molecule has 0 heterocycles. The molecule has 0 atom stereocenters. The van der Waals surface area contributed by atoms with Crippen LogP contribution in [0.4, 0.5) is 4.39 Å². The number of aliphatic carboxylic acids is 1. The van der Waals surface area contributed by atoms with Crippen LogP contribution in [-0.2, 0) is 4.79 Å². The van der Waals surface area contributed by atoms with Crippen LogP contribution in [0.25, 0.3) is 5.57 Å². The molecule has 0 bridgehead atoms. The van der Waals surface area contributed by atoms with Gasteiger partial charge in [-0.25, -0.2) is 4.39 Å². The molecule has 0 fully saturated rings. The van der Waals surface area contributed by atoms with Gasteiger partial charge in [0.05, 0.1) is 32.4 Å². The maximum Gasteiger partial charge on any atom is 0.0964 e. The zero-order valence-electron chi connectivity index (χ0n) is 7.36. The summed E-state index contributed by atoms with van der Waals surface area (Å²) < 4.78 is 12.4. The van der Waals surface area contributed by atoms with Crippen LogP contribution in [0.15, 0.2) is 12.4 Å². The van der Waals surface area contributed by atoms with Gasteiger partial charge in [0.2, 0.25) is 0 Å². The minimum atomic E-state index is -1.74. The first kappa shape index (κ1) is 13.6. The quantitative estimate of drug-likeness (QED) is 0.477. The molecule has 0 spiro atoms. The predicted octanol–water partition coefficient (Wildman–Crippen LogP) is 3.36. The first-order valence-electron chi connectivity index (χ1n) is 3.75. The van der Waals surface area contributed by atoms with Crippen LogP contribution in [0, 0.1) is 0 Å². The Morgan fingerprint density at radius 2 is 1.75 bits per heavy atom. The molecular formula is C9H2Cl4FO2-. The van der Waals surface area contributed by atoms with Gasteiger partial charge in [-0.3, -0.25) is 0 Å². The fourth-order valence-corrected chi connectivity index (χ4v) is 1.89. The SMILES string of the molecule is O=C([O-])/C(=C\F)c1cc(Cl)c(Cl)c(Cl)c1Cl. The van der Waals surface area contributed by atoms with Crippen LogP contribution in [0.2, 0.25) is 20.1 Å². The largest absolute Gasteiger partial charge is 0.545 e. The fourth-order valence-electron chi connectivity index (χ4n) is 0.982. The highest BCUT2D eigenvalue weighted by Crippen LogP contribution is 2.40. The van der Waals surface area contributed by atoms with Crippen LogP contribution in [0.1, 0.15) is 5.56 Å². The molecule has 2 nitrogen and oxygen atoms in total. The van der Waals surface area contributed by atoms with Crippen LogP contribution < -0.4 is 5.11 Å². The molecule has 0 unspecified atom stereocenters. The highest BCUT2D eigenvalue weighted by Gasteiger charge is 2.16. The molecule has 0 aliphatic heterocycles. The van der Waals surface area contributed by atoms with E-state index < -0.39 is 11.5 Å². The third-order valence-corrected chi connectivity index (χ3v) is 3.47. The van der Waals surface area contributed by atoms with Gasteiger partial charge in [-0.15, -0.1) is 0 Å². The molecule has 0 saturated heterocycles. The summed E-state index contributed by atoms with van der Waals surface area (Å²) in [5.41, 5.74) is -0.950. The van der Waals surface area contributed by atoms with Crippen LogP contribution in [-0.4, -0.2) is 5.97 Å². The number of benzene rings is 1. The van der Waals surface area contributed by atoms with E-state index in [2.05, 4.69) is 0 Å². The summed E-state index contributed by atoms with van der Waals surface area (Å²) in [5, 5.41) is 10.2. The van der Waals surface area contributed by atoms with E-state index in [1.165, 1.54) is 0 Å². The molecule has 7 heteroatoms. The Balaban J connectivity index is 3.53. The minimum Gasteiger partial charge on any atom is -0.545 e. The zero-order chi connectivity index (χ0) is 12.5. The zero-order valence-corrected chi connectivity index (χ0v) is 10.4. The highest BCUT2D eigenvalue weighted by atomic mass is 35.5. The second-order valence-electron chi connectivity index (χ2n) is 2.66. The Morgan fingerprint density at radius 1 is 1.19 bits per heavy atom. The second-order valence-corrected chi connectivity index (χ2v) is 4.20. The summed E-state index contributed by atoms with van der Waals surface area (Å²) in [6, 6.07) is 1.10. The van der Waals surface area contributed by atoms with Crippen molar-refractivity contribution >= 4 is 57.9 Å². The van der Waals surface area contributed by atoms with Crippen molar-refractivity contribution in [2.24, 2.45) is 0 Å². The lowest BCUT2D eigenvalue weighted by atomic mass is 10.1. The number of rotatable bonds is 2. The molecule has 1 rings (SSSR count). The number of carboxylic acid groups (broad SMARTS) is 1. The minimum absolute atomic E-state index is 0.0337. The first-order valence-corrected chi connectivity index (χ1v) is 5.26. The smallest absolute Gasteiger partial charge is 0.0964 e. The molecule has 1 aromatic carbocycles. The van der Waals surface area contributed by atoms with Crippen molar-refractivity contribution in [2.45, 2.75) is 0 Å². The molecule has 16 heavy (non-hydrogen) atoms. The standard InChI is InChI=1S/C9H3Cl4FO2/c10-5-1-3(4(2-14)9(15)16)6(11)8(13)7(5)12/h1-2H,(H,15,16)/p-1/b4-2-. The van der Waals surface area contributed by atoms with Gasteiger partial charge in [-0.1, -0.05) is 46.4 Å². The highest BCUT2D eigenvalue weighted by molar-refractivity contribution is 6.52. The monoisotopic (exact) mass is 301 g/mol. The van der Waals surface area contributed by atoms with E-state index in [4.69, 9.17) is 46.4 Å². The van der Waals surface area contributed by atoms with E-state index in [1.54, 1.807) is 0 Å². The fraction of sp³-hybridized carbons (Fsp3) is 0. The van der Waals surface area contributed by atoms with Crippen LogP contribution in [0.5, 0.6) is 0 Å². The van der Waals surface area contributed by atoms with E-state index in [9.17, 15) is 14.3 Å². The Labute approximate surface area is 110 Å². The predicted molar refractivity (Wildman–Crippen MR) is 60.6 cm³/mol. The molecule has 0 aliphatic carbocycles. The average Bonchev–Trinajstić information content (AvgIpc) is 2.23. The Bertz CT molecular complexity index is 485. The molecule has 0 N–H and O–H groups in total. The maximum absolute atomic E-state index is 12.4. The molecule has 0 amide bonds. The maximum atomic E-state index is 12.4. The third kappa shape index (κ3) is 2.43. The van der Waals surface area contributed by atoms with E-state index in [0.29, 0.717) is 0 Å². The number of hydrogen-bond acceptors (Lipinski definition) is 2. The lowest BCUT2D eigenvalue weighted by Gasteiger charge is -2.12. The van der Waals surface area contributed by atoms with E-state index in [1.807, 2.05) is 0 Å². The molecule has 0 saturated carbocycles. The van der Waals surface area contributed by atoms with Crippen LogP contribution >= 0.6 is 46.4 Å². The molecule has 0 aromatic heterocycles. The average molecular weight is 303 g/mol. The van der Waals surface area contributed by atoms with Crippen molar-refractivity contribution in [1.29, 1.82) is 0 Å². The Hall–Kier alpha value is -0.480. The number of carboxylic acids is 1. The molecule has 1 aromatic rings. The van der Waals surface area contributed by atoms with Gasteiger partial charge >= 0.3 is 0 Å². The lowest BCUT2D eigenvalue weighted by molar-refractivity contribution is -0.295. The second kappa shape index (κ2) is 5.23. The summed E-state index contributed by atoms with van der Waals surface area (Å²) in [7, 11) is 0. The molecule has 0 aliphatic rings. The van der Waals surface area contributed by atoms with Crippen molar-refractivity contribution in [3.63, 3.8) is 0 Å². The number of carbonyl (C=O) groups is 1. The number of carbonyl (C=O) groups excluding carboxylic acids is 1. The Morgan fingerprint density at radius 3 is 2.19 bits per heavy atom. The third-order valence-electron chi connectivity index (χ3n) is 1.72. The van der Waals surface area contributed by atoms with Gasteiger partial charge in [-0.2, -0.15) is 0 Å². The van der Waals surface area contributed by atoms with Crippen molar-refractivity contribution < 1.29 is 14.3 Å². The summed E-state index contributed by atoms with van der Waals surface area (Å²) >= 11 is 22.7. The van der Waals surface area contributed by atoms with Gasteiger partial charge in [0, 0.05) is 11.1 Å². The van der Waals surface area contributed by atoms with E-state index in [-0.39, 0.29) is 32.0 Å². The molecule has 0 radical (unpaired) electrons. The van der Waals surface area contributed by atoms with Gasteiger partial charge in [0.15, 0.2) is 0 Å². The van der Waals surface area contributed by atoms with E-state index >= 15 is 0 Å². The summed E-state index contributed by atoms with van der Waals surface area (Å²) in [5.74, 6) is -1.74. The lowest BCUT2D eigenvalue weighted by Crippen LogP contribution is -2.23. The van der Waals surface area contributed by atoms with Crippen molar-refractivity contribution in [1.82, 2.24) is 0 Å². The molecular weight excluding hydrogens is 301 g/mol. The van der Waals surface area contributed by atoms with E-state index in [0.717, 1.165) is 6.07 Å². The topological polar surface area (TPSA) is 40.1 Å². The van der Waals surface area contributed by atoms with Gasteiger partial charge in [-0.05, 0) is 6.07 Å². The number of halogens is 5. The van der Waals surface area contributed by atoms with Crippen molar-refractivity contribution in [3.05, 3.63) is 38.1 Å². The number of hydrogen-bond donors (Lipinski definition) is 0. The Kier molecular flexibility index (Phi) is 4.44. The van der Waals surface area contributed by atoms with Crippen molar-refractivity contribution in [2.75, 3.05) is 0 Å². The summed E-state index contributed by atoms with van der Waals surface area (Å²) in [6.07, 6.45) is -0.156. The van der Waals surface area contributed by atoms with Crippen molar-refractivity contribution in [3.8, 4) is 0 Å². The van der Waals surface area contributed by atoms with Gasteiger partial charge in [0.25, 0.3) is 0 Å². The van der Waals surface area contributed by atoms with Crippen LogP contribution in [0.3, 0.4) is 0 Å². The molecule has 86 valence electrons. The van der Waals surface area contributed by atoms with Gasteiger partial charge in [0.1, 0.15) is 0 Å². The van der Waals surface area contributed by atoms with Gasteiger partial charge < -0.3 is 9.90 Å². The normalized spacial score (nSPS) is 11.7. The summed E-state index contributed by atoms with van der Waals surface area (Å²) in [6.45, 7) is 0.